The smallest absolute Gasteiger partial charge is 0.416 e. The Morgan fingerprint density at radius 2 is 1.78 bits per heavy atom. The van der Waals surface area contributed by atoms with Crippen LogP contribution in [0.4, 0.5) is 13.2 Å². The SMILES string of the molecule is COc1ccc2[nH]c3c(c2c1)CC1c2cc(OCc4ccc(C(F)(F)F)cc4)c(OC)cc2CCN1C3. The molecule has 0 amide bonds. The summed E-state index contributed by atoms with van der Waals surface area (Å²) in [5.74, 6) is 2.06. The zero-order chi connectivity index (χ0) is 25.7. The molecule has 0 bridgehead atoms. The number of halogens is 3. The second kappa shape index (κ2) is 9.03. The highest BCUT2D eigenvalue weighted by atomic mass is 19.4. The van der Waals surface area contributed by atoms with Crippen LogP contribution >= 0.6 is 0 Å². The minimum atomic E-state index is -4.36. The number of nitrogens with zero attached hydrogens (tertiary/aromatic N) is 1. The Labute approximate surface area is 212 Å². The minimum Gasteiger partial charge on any atom is -0.497 e. The van der Waals surface area contributed by atoms with Crippen molar-refractivity contribution >= 4 is 10.9 Å². The molecular formula is C29H27F3N2O3. The number of nitrogens with one attached hydrogen (secondary N) is 1. The molecule has 3 heterocycles. The van der Waals surface area contributed by atoms with Crippen LogP contribution in [0, 0.1) is 0 Å². The molecule has 3 aromatic carbocycles. The molecular weight excluding hydrogens is 481 g/mol. The van der Waals surface area contributed by atoms with Gasteiger partial charge in [0.25, 0.3) is 0 Å². The van der Waals surface area contributed by atoms with Crippen LogP contribution in [0.3, 0.4) is 0 Å². The van der Waals surface area contributed by atoms with E-state index < -0.39 is 11.7 Å². The topological polar surface area (TPSA) is 46.7 Å². The van der Waals surface area contributed by atoms with Crippen molar-refractivity contribution < 1.29 is 27.4 Å². The van der Waals surface area contributed by atoms with E-state index in [1.54, 1.807) is 14.2 Å². The quantitative estimate of drug-likeness (QED) is 0.337. The highest BCUT2D eigenvalue weighted by Crippen LogP contribution is 2.44. The molecule has 0 spiro atoms. The van der Waals surface area contributed by atoms with E-state index in [9.17, 15) is 13.2 Å². The van der Waals surface area contributed by atoms with Crippen molar-refractivity contribution in [3.8, 4) is 17.2 Å². The van der Waals surface area contributed by atoms with Crippen molar-refractivity contribution in [2.24, 2.45) is 0 Å². The van der Waals surface area contributed by atoms with E-state index in [1.807, 2.05) is 12.1 Å². The maximum absolute atomic E-state index is 12.9. The minimum absolute atomic E-state index is 0.147. The summed E-state index contributed by atoms with van der Waals surface area (Å²) in [6.45, 7) is 1.93. The summed E-state index contributed by atoms with van der Waals surface area (Å²) < 4.78 is 55.9. The first-order chi connectivity index (χ1) is 17.8. The summed E-state index contributed by atoms with van der Waals surface area (Å²) in [5.41, 5.74) is 6.10. The monoisotopic (exact) mass is 508 g/mol. The molecule has 192 valence electrons. The van der Waals surface area contributed by atoms with Crippen LogP contribution in [-0.2, 0) is 32.2 Å². The van der Waals surface area contributed by atoms with Gasteiger partial charge in [-0.15, -0.1) is 0 Å². The standard InChI is InChI=1S/C29H27F3N2O3/c1-35-20-7-8-24-22(12-20)23-13-26-21-14-28(37-16-17-3-5-19(6-4-17)29(30,31)32)27(36-2)11-18(21)9-10-34(26)15-25(23)33-24/h3-8,11-12,14,26,33H,9-10,13,15-16H2,1-2H3. The maximum atomic E-state index is 12.9. The van der Waals surface area contributed by atoms with Crippen LogP contribution < -0.4 is 14.2 Å². The van der Waals surface area contributed by atoms with Crippen molar-refractivity contribution in [1.29, 1.82) is 0 Å². The lowest BCUT2D eigenvalue weighted by molar-refractivity contribution is -0.137. The number of methoxy groups -OCH3 is 2. The molecule has 1 N–H and O–H groups in total. The number of rotatable bonds is 5. The average molecular weight is 509 g/mol. The largest absolute Gasteiger partial charge is 0.497 e. The first kappa shape index (κ1) is 23.7. The second-order valence-electron chi connectivity index (χ2n) is 9.62. The zero-order valence-electron chi connectivity index (χ0n) is 20.6. The number of hydrogen-bond donors (Lipinski definition) is 1. The molecule has 0 aliphatic carbocycles. The van der Waals surface area contributed by atoms with Gasteiger partial charge >= 0.3 is 6.18 Å². The van der Waals surface area contributed by atoms with E-state index in [1.165, 1.54) is 39.9 Å². The third-order valence-electron chi connectivity index (χ3n) is 7.53. The summed E-state index contributed by atoms with van der Waals surface area (Å²) in [7, 11) is 3.28. The molecule has 8 heteroatoms. The predicted octanol–water partition coefficient (Wildman–Crippen LogP) is 6.44. The van der Waals surface area contributed by atoms with Gasteiger partial charge in [-0.05, 0) is 77.6 Å². The number of ether oxygens (including phenoxy) is 3. The van der Waals surface area contributed by atoms with Gasteiger partial charge in [-0.25, -0.2) is 0 Å². The lowest BCUT2D eigenvalue weighted by Crippen LogP contribution is -2.39. The van der Waals surface area contributed by atoms with E-state index >= 15 is 0 Å². The van der Waals surface area contributed by atoms with Gasteiger partial charge in [0.1, 0.15) is 12.4 Å². The molecule has 0 radical (unpaired) electrons. The van der Waals surface area contributed by atoms with Gasteiger partial charge in [0.2, 0.25) is 0 Å². The lowest BCUT2D eigenvalue weighted by Gasteiger charge is -2.40. The molecule has 2 aliphatic heterocycles. The first-order valence-corrected chi connectivity index (χ1v) is 12.3. The highest BCUT2D eigenvalue weighted by molar-refractivity contribution is 5.86. The van der Waals surface area contributed by atoms with Crippen LogP contribution in [0.2, 0.25) is 0 Å². The summed E-state index contributed by atoms with van der Waals surface area (Å²) in [4.78, 5) is 6.08. The molecule has 37 heavy (non-hydrogen) atoms. The second-order valence-corrected chi connectivity index (χ2v) is 9.62. The Bertz CT molecular complexity index is 1460. The lowest BCUT2D eigenvalue weighted by atomic mass is 9.85. The summed E-state index contributed by atoms with van der Waals surface area (Å²) >= 11 is 0. The normalized spacial score (nSPS) is 17.2. The van der Waals surface area contributed by atoms with Crippen molar-refractivity contribution in [1.82, 2.24) is 9.88 Å². The van der Waals surface area contributed by atoms with Crippen molar-refractivity contribution in [2.75, 3.05) is 20.8 Å². The van der Waals surface area contributed by atoms with Crippen LogP contribution in [0.25, 0.3) is 10.9 Å². The zero-order valence-corrected chi connectivity index (χ0v) is 20.6. The Hall–Kier alpha value is -3.65. The van der Waals surface area contributed by atoms with Crippen LogP contribution in [0.5, 0.6) is 17.2 Å². The van der Waals surface area contributed by atoms with Gasteiger partial charge in [-0.2, -0.15) is 13.2 Å². The molecule has 1 unspecified atom stereocenters. The number of fused-ring (bicyclic) bond motifs is 6. The van der Waals surface area contributed by atoms with Gasteiger partial charge in [0, 0.05) is 35.7 Å². The summed E-state index contributed by atoms with van der Waals surface area (Å²) in [6, 6.07) is 15.5. The van der Waals surface area contributed by atoms with Gasteiger partial charge in [0.05, 0.1) is 19.8 Å². The van der Waals surface area contributed by atoms with Crippen LogP contribution in [-0.4, -0.2) is 30.6 Å². The summed E-state index contributed by atoms with van der Waals surface area (Å²) in [5, 5.41) is 1.19. The van der Waals surface area contributed by atoms with E-state index in [-0.39, 0.29) is 12.6 Å². The van der Waals surface area contributed by atoms with E-state index in [4.69, 9.17) is 14.2 Å². The predicted molar refractivity (Wildman–Crippen MR) is 134 cm³/mol. The molecule has 1 atom stereocenters. The summed E-state index contributed by atoms with van der Waals surface area (Å²) in [6.07, 6.45) is -2.59. The van der Waals surface area contributed by atoms with Crippen LogP contribution in [0.15, 0.2) is 54.6 Å². The number of hydrogen-bond acceptors (Lipinski definition) is 4. The molecule has 0 saturated carbocycles. The highest BCUT2D eigenvalue weighted by Gasteiger charge is 2.35. The Morgan fingerprint density at radius 1 is 0.973 bits per heavy atom. The molecule has 1 aromatic heterocycles. The Balaban J connectivity index is 1.30. The molecule has 5 nitrogen and oxygen atoms in total. The molecule has 0 saturated heterocycles. The molecule has 6 rings (SSSR count). The number of alkyl halides is 3. The van der Waals surface area contributed by atoms with E-state index in [2.05, 4.69) is 28.1 Å². The van der Waals surface area contributed by atoms with Gasteiger partial charge in [-0.1, -0.05) is 12.1 Å². The Morgan fingerprint density at radius 3 is 2.51 bits per heavy atom. The van der Waals surface area contributed by atoms with Crippen molar-refractivity contribution in [2.45, 2.75) is 38.2 Å². The number of benzene rings is 3. The molecule has 4 aromatic rings. The van der Waals surface area contributed by atoms with Crippen molar-refractivity contribution in [3.05, 3.63) is 88.1 Å². The third-order valence-corrected chi connectivity index (χ3v) is 7.53. The third kappa shape index (κ3) is 4.29. The fourth-order valence-electron chi connectivity index (χ4n) is 5.59. The maximum Gasteiger partial charge on any atom is 0.416 e. The van der Waals surface area contributed by atoms with Gasteiger partial charge in [0.15, 0.2) is 11.5 Å². The van der Waals surface area contributed by atoms with E-state index in [0.29, 0.717) is 17.1 Å². The fraction of sp³-hybridized carbons (Fsp3) is 0.310. The number of H-pyrrole nitrogens is 1. The van der Waals surface area contributed by atoms with E-state index in [0.717, 1.165) is 49.3 Å². The van der Waals surface area contributed by atoms with Crippen LogP contribution in [0.1, 0.15) is 39.6 Å². The van der Waals surface area contributed by atoms with Gasteiger partial charge in [-0.3, -0.25) is 4.90 Å². The average Bonchev–Trinajstić information content (AvgIpc) is 3.26. The number of aromatic nitrogens is 1. The van der Waals surface area contributed by atoms with Gasteiger partial charge < -0.3 is 19.2 Å². The van der Waals surface area contributed by atoms with Crippen molar-refractivity contribution in [3.63, 3.8) is 0 Å². The number of aromatic amines is 1. The fourth-order valence-corrected chi connectivity index (χ4v) is 5.59. The Kier molecular flexibility index (Phi) is 5.79. The molecule has 0 fully saturated rings. The first-order valence-electron chi connectivity index (χ1n) is 12.3. The molecule has 2 aliphatic rings.